The SMILES string of the molecule is COC(=O)c1ccc(Cl)c(N(CC(=O)NCc2ccccc2F)C(C)=O)c1. The summed E-state index contributed by atoms with van der Waals surface area (Å²) in [6, 6.07) is 10.3. The molecular formula is C19H18ClFN2O4. The fourth-order valence-corrected chi connectivity index (χ4v) is 2.59. The number of rotatable bonds is 6. The van der Waals surface area contributed by atoms with Crippen LogP contribution in [-0.2, 0) is 20.9 Å². The van der Waals surface area contributed by atoms with Crippen molar-refractivity contribution in [3.63, 3.8) is 0 Å². The fraction of sp³-hybridized carbons (Fsp3) is 0.211. The van der Waals surface area contributed by atoms with Gasteiger partial charge < -0.3 is 15.0 Å². The molecule has 142 valence electrons. The maximum absolute atomic E-state index is 13.6. The quantitative estimate of drug-likeness (QED) is 0.767. The number of carbonyl (C=O) groups excluding carboxylic acids is 3. The first-order chi connectivity index (χ1) is 12.8. The summed E-state index contributed by atoms with van der Waals surface area (Å²) in [7, 11) is 1.23. The van der Waals surface area contributed by atoms with E-state index >= 15 is 0 Å². The van der Waals surface area contributed by atoms with Gasteiger partial charge in [0.15, 0.2) is 0 Å². The molecule has 2 aromatic carbocycles. The zero-order valence-electron chi connectivity index (χ0n) is 14.8. The molecule has 1 N–H and O–H groups in total. The fourth-order valence-electron chi connectivity index (χ4n) is 2.37. The third-order valence-electron chi connectivity index (χ3n) is 3.77. The van der Waals surface area contributed by atoms with Crippen LogP contribution in [0, 0.1) is 5.82 Å². The summed E-state index contributed by atoms with van der Waals surface area (Å²) in [4.78, 5) is 37.1. The molecule has 0 atom stereocenters. The number of esters is 1. The summed E-state index contributed by atoms with van der Waals surface area (Å²) in [5.74, 6) is -1.98. The minimum atomic E-state index is -0.597. The second kappa shape index (κ2) is 9.14. The third kappa shape index (κ3) is 5.27. The minimum absolute atomic E-state index is 0.0207. The molecule has 6 nitrogen and oxygen atoms in total. The van der Waals surface area contributed by atoms with Crippen LogP contribution in [0.1, 0.15) is 22.8 Å². The maximum atomic E-state index is 13.6. The first-order valence-corrected chi connectivity index (χ1v) is 8.37. The molecule has 8 heteroatoms. The average Bonchev–Trinajstić information content (AvgIpc) is 2.65. The summed E-state index contributed by atoms with van der Waals surface area (Å²) < 4.78 is 18.3. The number of hydrogen-bond donors (Lipinski definition) is 1. The number of amides is 2. The Morgan fingerprint density at radius 3 is 2.52 bits per heavy atom. The van der Waals surface area contributed by atoms with E-state index in [9.17, 15) is 18.8 Å². The van der Waals surface area contributed by atoms with Gasteiger partial charge in [0.05, 0.1) is 23.4 Å². The van der Waals surface area contributed by atoms with Gasteiger partial charge in [0.1, 0.15) is 12.4 Å². The van der Waals surface area contributed by atoms with E-state index in [1.165, 1.54) is 38.3 Å². The highest BCUT2D eigenvalue weighted by atomic mass is 35.5. The molecule has 0 aliphatic carbocycles. The highest BCUT2D eigenvalue weighted by molar-refractivity contribution is 6.34. The van der Waals surface area contributed by atoms with E-state index in [2.05, 4.69) is 10.1 Å². The van der Waals surface area contributed by atoms with Crippen molar-refractivity contribution in [2.45, 2.75) is 13.5 Å². The van der Waals surface area contributed by atoms with E-state index in [-0.39, 0.29) is 29.4 Å². The Kier molecular flexibility index (Phi) is 6.90. The highest BCUT2D eigenvalue weighted by Crippen LogP contribution is 2.27. The van der Waals surface area contributed by atoms with Crippen LogP contribution in [-0.4, -0.2) is 31.4 Å². The van der Waals surface area contributed by atoms with Crippen molar-refractivity contribution in [3.8, 4) is 0 Å². The van der Waals surface area contributed by atoms with Crippen LogP contribution in [0.2, 0.25) is 5.02 Å². The number of methoxy groups -OCH3 is 1. The Morgan fingerprint density at radius 1 is 1.19 bits per heavy atom. The Morgan fingerprint density at radius 2 is 1.89 bits per heavy atom. The van der Waals surface area contributed by atoms with Gasteiger partial charge in [-0.05, 0) is 24.3 Å². The molecule has 0 unspecified atom stereocenters. The largest absolute Gasteiger partial charge is 0.465 e. The van der Waals surface area contributed by atoms with Gasteiger partial charge in [-0.15, -0.1) is 0 Å². The van der Waals surface area contributed by atoms with E-state index < -0.39 is 23.6 Å². The summed E-state index contributed by atoms with van der Waals surface area (Å²) >= 11 is 6.13. The van der Waals surface area contributed by atoms with Crippen LogP contribution in [0.15, 0.2) is 42.5 Å². The topological polar surface area (TPSA) is 75.7 Å². The smallest absolute Gasteiger partial charge is 0.337 e. The maximum Gasteiger partial charge on any atom is 0.337 e. The molecule has 0 fully saturated rings. The molecule has 0 spiro atoms. The van der Waals surface area contributed by atoms with Gasteiger partial charge in [0.2, 0.25) is 11.8 Å². The molecule has 0 saturated carbocycles. The van der Waals surface area contributed by atoms with E-state index in [1.54, 1.807) is 18.2 Å². The number of nitrogens with one attached hydrogen (secondary N) is 1. The summed E-state index contributed by atoms with van der Waals surface area (Å²) in [6.07, 6.45) is 0. The average molecular weight is 393 g/mol. The predicted octanol–water partition coefficient (Wildman–Crippen LogP) is 2.94. The first-order valence-electron chi connectivity index (χ1n) is 7.99. The summed E-state index contributed by atoms with van der Waals surface area (Å²) in [6.45, 7) is 0.909. The number of anilines is 1. The van der Waals surface area contributed by atoms with Gasteiger partial charge in [-0.2, -0.15) is 0 Å². The second-order valence-corrected chi connectivity index (χ2v) is 6.04. The van der Waals surface area contributed by atoms with E-state index in [1.807, 2.05) is 0 Å². The van der Waals surface area contributed by atoms with Crippen molar-refractivity contribution in [1.82, 2.24) is 5.32 Å². The van der Waals surface area contributed by atoms with Gasteiger partial charge >= 0.3 is 5.97 Å². The monoisotopic (exact) mass is 392 g/mol. The number of hydrogen-bond acceptors (Lipinski definition) is 4. The number of benzene rings is 2. The lowest BCUT2D eigenvalue weighted by molar-refractivity contribution is -0.123. The standard InChI is InChI=1S/C19H18ClFN2O4/c1-12(24)23(17-9-13(19(26)27-2)7-8-15(17)20)11-18(25)22-10-14-5-3-4-6-16(14)21/h3-9H,10-11H2,1-2H3,(H,22,25). The van der Waals surface area contributed by atoms with Crippen LogP contribution < -0.4 is 10.2 Å². The van der Waals surface area contributed by atoms with Crippen LogP contribution in [0.5, 0.6) is 0 Å². The number of halogens is 2. The van der Waals surface area contributed by atoms with Gasteiger partial charge in [-0.25, -0.2) is 9.18 Å². The number of nitrogens with zero attached hydrogens (tertiary/aromatic N) is 1. The summed E-state index contributed by atoms with van der Waals surface area (Å²) in [5.41, 5.74) is 0.717. The van der Waals surface area contributed by atoms with Crippen molar-refractivity contribution in [2.24, 2.45) is 0 Å². The van der Waals surface area contributed by atoms with E-state index in [4.69, 9.17) is 11.6 Å². The lowest BCUT2D eigenvalue weighted by atomic mass is 10.1. The zero-order valence-corrected chi connectivity index (χ0v) is 15.5. The number of ether oxygens (including phenoxy) is 1. The van der Waals surface area contributed by atoms with Gasteiger partial charge in [-0.1, -0.05) is 29.8 Å². The molecular weight excluding hydrogens is 375 g/mol. The molecule has 2 aromatic rings. The lowest BCUT2D eigenvalue weighted by Crippen LogP contribution is -2.40. The Bertz CT molecular complexity index is 873. The van der Waals surface area contributed by atoms with Crippen LogP contribution in [0.3, 0.4) is 0 Å². The van der Waals surface area contributed by atoms with Gasteiger partial charge in [-0.3, -0.25) is 9.59 Å². The molecule has 2 amide bonds. The number of carbonyl (C=O) groups is 3. The molecule has 0 radical (unpaired) electrons. The van der Waals surface area contributed by atoms with Crippen LogP contribution >= 0.6 is 11.6 Å². The molecule has 2 rings (SSSR count). The van der Waals surface area contributed by atoms with E-state index in [0.717, 1.165) is 4.90 Å². The molecule has 0 saturated heterocycles. The van der Waals surface area contributed by atoms with E-state index in [0.29, 0.717) is 5.56 Å². The van der Waals surface area contributed by atoms with Crippen molar-refractivity contribution >= 4 is 35.1 Å². The predicted molar refractivity (Wildman–Crippen MR) is 99.1 cm³/mol. The molecule has 0 aromatic heterocycles. The molecule has 27 heavy (non-hydrogen) atoms. The normalized spacial score (nSPS) is 10.2. The molecule has 0 aliphatic heterocycles. The van der Waals surface area contributed by atoms with Crippen molar-refractivity contribution in [1.29, 1.82) is 0 Å². The van der Waals surface area contributed by atoms with Crippen molar-refractivity contribution < 1.29 is 23.5 Å². The Hall–Kier alpha value is -2.93. The van der Waals surface area contributed by atoms with Gasteiger partial charge in [0, 0.05) is 19.0 Å². The molecule has 0 aliphatic rings. The Balaban J connectivity index is 2.16. The van der Waals surface area contributed by atoms with Crippen LogP contribution in [0.4, 0.5) is 10.1 Å². The summed E-state index contributed by atoms with van der Waals surface area (Å²) in [5, 5.41) is 2.75. The van der Waals surface area contributed by atoms with Gasteiger partial charge in [0.25, 0.3) is 0 Å². The molecule has 0 bridgehead atoms. The lowest BCUT2D eigenvalue weighted by Gasteiger charge is -2.22. The van der Waals surface area contributed by atoms with Crippen molar-refractivity contribution in [3.05, 3.63) is 64.4 Å². The highest BCUT2D eigenvalue weighted by Gasteiger charge is 2.20. The van der Waals surface area contributed by atoms with Crippen LogP contribution in [0.25, 0.3) is 0 Å². The molecule has 0 heterocycles. The van der Waals surface area contributed by atoms with Crippen molar-refractivity contribution in [2.75, 3.05) is 18.6 Å². The second-order valence-electron chi connectivity index (χ2n) is 5.63. The first kappa shape index (κ1) is 20.4. The Labute approximate surface area is 160 Å². The third-order valence-corrected chi connectivity index (χ3v) is 4.09. The zero-order chi connectivity index (χ0) is 20.0. The minimum Gasteiger partial charge on any atom is -0.465 e.